The summed E-state index contributed by atoms with van der Waals surface area (Å²) in [6.07, 6.45) is 15.3. The van der Waals surface area contributed by atoms with Crippen LogP contribution in [0.25, 0.3) is 0 Å². The Morgan fingerprint density at radius 2 is 1.60 bits per heavy atom. The molecule has 0 amide bonds. The van der Waals surface area contributed by atoms with E-state index in [2.05, 4.69) is 26.0 Å². The maximum absolute atomic E-state index is 5.44. The molecule has 0 bridgehead atoms. The van der Waals surface area contributed by atoms with Crippen molar-refractivity contribution in [2.75, 3.05) is 6.54 Å². The summed E-state index contributed by atoms with van der Waals surface area (Å²) >= 11 is 0. The second-order valence-corrected chi connectivity index (χ2v) is 4.51. The lowest BCUT2D eigenvalue weighted by atomic mass is 10.1. The molecule has 0 aliphatic carbocycles. The fourth-order valence-electron chi connectivity index (χ4n) is 1.58. The summed E-state index contributed by atoms with van der Waals surface area (Å²) in [7, 11) is 0. The van der Waals surface area contributed by atoms with Gasteiger partial charge in [-0.1, -0.05) is 58.1 Å². The van der Waals surface area contributed by atoms with Crippen molar-refractivity contribution in [1.29, 1.82) is 0 Å². The Morgan fingerprint density at radius 3 is 2.20 bits per heavy atom. The van der Waals surface area contributed by atoms with Gasteiger partial charge in [-0.15, -0.1) is 0 Å². The lowest BCUT2D eigenvalue weighted by Gasteiger charge is -2.00. The highest BCUT2D eigenvalue weighted by Gasteiger charge is 1.91. The maximum Gasteiger partial charge on any atom is -0.00773 e. The Labute approximate surface area is 96.1 Å². The van der Waals surface area contributed by atoms with E-state index in [4.69, 9.17) is 5.73 Å². The molecule has 15 heavy (non-hydrogen) atoms. The predicted octanol–water partition coefficient (Wildman–Crippen LogP) is 4.28. The molecular weight excluding hydrogens is 182 g/mol. The van der Waals surface area contributed by atoms with Crippen LogP contribution in [0.15, 0.2) is 12.2 Å². The molecule has 1 atom stereocenters. The highest BCUT2D eigenvalue weighted by molar-refractivity contribution is 4.85. The monoisotopic (exact) mass is 211 g/mol. The van der Waals surface area contributed by atoms with Gasteiger partial charge in [0.05, 0.1) is 0 Å². The summed E-state index contributed by atoms with van der Waals surface area (Å²) in [5.41, 5.74) is 5.44. The lowest BCUT2D eigenvalue weighted by molar-refractivity contribution is 0.599. The van der Waals surface area contributed by atoms with E-state index in [1.54, 1.807) is 0 Å². The number of hydrogen-bond acceptors (Lipinski definition) is 1. The van der Waals surface area contributed by atoms with Crippen LogP contribution in [-0.2, 0) is 0 Å². The Morgan fingerprint density at radius 1 is 1.00 bits per heavy atom. The summed E-state index contributed by atoms with van der Waals surface area (Å²) in [6.45, 7) is 5.38. The van der Waals surface area contributed by atoms with Crippen molar-refractivity contribution in [2.24, 2.45) is 11.7 Å². The van der Waals surface area contributed by atoms with Crippen LogP contribution >= 0.6 is 0 Å². The van der Waals surface area contributed by atoms with Crippen molar-refractivity contribution in [2.45, 2.75) is 65.2 Å². The zero-order valence-corrected chi connectivity index (χ0v) is 10.7. The normalized spacial score (nSPS) is 13.5. The van der Waals surface area contributed by atoms with Gasteiger partial charge in [-0.25, -0.2) is 0 Å². The molecule has 0 aromatic heterocycles. The lowest BCUT2D eigenvalue weighted by Crippen LogP contribution is -1.97. The Balaban J connectivity index is 3.07. The van der Waals surface area contributed by atoms with Crippen molar-refractivity contribution >= 4 is 0 Å². The first-order valence-corrected chi connectivity index (χ1v) is 6.68. The summed E-state index contributed by atoms with van der Waals surface area (Å²) in [6, 6.07) is 0. The van der Waals surface area contributed by atoms with E-state index in [1.807, 2.05) is 0 Å². The molecule has 0 rings (SSSR count). The number of allylic oxidation sites excluding steroid dienone is 2. The third-order valence-corrected chi connectivity index (χ3v) is 2.93. The van der Waals surface area contributed by atoms with Crippen molar-refractivity contribution in [1.82, 2.24) is 0 Å². The zero-order chi connectivity index (χ0) is 11.4. The first-order chi connectivity index (χ1) is 7.31. The van der Waals surface area contributed by atoms with Crippen LogP contribution in [0.5, 0.6) is 0 Å². The third-order valence-electron chi connectivity index (χ3n) is 2.93. The van der Waals surface area contributed by atoms with Gasteiger partial charge in [-0.2, -0.15) is 0 Å². The average Bonchev–Trinajstić information content (AvgIpc) is 2.26. The number of hydrogen-bond donors (Lipinski definition) is 1. The van der Waals surface area contributed by atoms with Gasteiger partial charge in [0.25, 0.3) is 0 Å². The Kier molecular flexibility index (Phi) is 11.5. The molecule has 0 aromatic rings. The summed E-state index contributed by atoms with van der Waals surface area (Å²) in [4.78, 5) is 0. The predicted molar refractivity (Wildman–Crippen MR) is 70.0 cm³/mol. The second kappa shape index (κ2) is 11.8. The summed E-state index contributed by atoms with van der Waals surface area (Å²) in [5, 5.41) is 0. The first kappa shape index (κ1) is 14.7. The molecule has 90 valence electrons. The van der Waals surface area contributed by atoms with Gasteiger partial charge >= 0.3 is 0 Å². The van der Waals surface area contributed by atoms with Crippen LogP contribution in [0.1, 0.15) is 65.2 Å². The van der Waals surface area contributed by atoms with E-state index in [9.17, 15) is 0 Å². The highest BCUT2D eigenvalue weighted by Crippen LogP contribution is 2.08. The van der Waals surface area contributed by atoms with Crippen molar-refractivity contribution < 1.29 is 0 Å². The van der Waals surface area contributed by atoms with Crippen LogP contribution in [0.2, 0.25) is 0 Å². The molecule has 0 aliphatic rings. The van der Waals surface area contributed by atoms with Gasteiger partial charge in [0.2, 0.25) is 0 Å². The molecule has 0 heterocycles. The molecule has 0 spiro atoms. The molecule has 2 N–H and O–H groups in total. The molecule has 1 heteroatoms. The average molecular weight is 211 g/mol. The fraction of sp³-hybridized carbons (Fsp3) is 0.857. The fourth-order valence-corrected chi connectivity index (χ4v) is 1.58. The molecule has 0 aliphatic heterocycles. The van der Waals surface area contributed by atoms with E-state index in [0.29, 0.717) is 0 Å². The highest BCUT2D eigenvalue weighted by atomic mass is 14.5. The van der Waals surface area contributed by atoms with Crippen LogP contribution < -0.4 is 5.73 Å². The van der Waals surface area contributed by atoms with Gasteiger partial charge < -0.3 is 5.73 Å². The van der Waals surface area contributed by atoms with E-state index in [-0.39, 0.29) is 0 Å². The van der Waals surface area contributed by atoms with Gasteiger partial charge in [0, 0.05) is 0 Å². The maximum atomic E-state index is 5.44. The zero-order valence-electron chi connectivity index (χ0n) is 10.7. The van der Waals surface area contributed by atoms with Gasteiger partial charge in [0.15, 0.2) is 0 Å². The van der Waals surface area contributed by atoms with Gasteiger partial charge in [-0.3, -0.25) is 0 Å². The molecule has 0 saturated heterocycles. The minimum atomic E-state index is 0.759. The largest absolute Gasteiger partial charge is 0.330 e. The third kappa shape index (κ3) is 11.6. The quantitative estimate of drug-likeness (QED) is 0.423. The molecule has 1 nitrogen and oxygen atoms in total. The van der Waals surface area contributed by atoms with Crippen LogP contribution in [0.3, 0.4) is 0 Å². The van der Waals surface area contributed by atoms with Crippen LogP contribution in [0, 0.1) is 5.92 Å². The molecule has 0 saturated carbocycles. The van der Waals surface area contributed by atoms with Crippen molar-refractivity contribution in [3.63, 3.8) is 0 Å². The molecular formula is C14H29N. The van der Waals surface area contributed by atoms with Crippen LogP contribution in [0.4, 0.5) is 0 Å². The van der Waals surface area contributed by atoms with E-state index in [1.165, 1.54) is 51.4 Å². The van der Waals surface area contributed by atoms with E-state index >= 15 is 0 Å². The standard InChI is InChI=1S/C14H29N/c1-3-14(2)12-10-8-6-4-5-7-9-11-13-15/h10,12,14H,3-9,11,13,15H2,1-2H3/b12-10+. The molecule has 0 fully saturated rings. The van der Waals surface area contributed by atoms with Crippen molar-refractivity contribution in [3.05, 3.63) is 12.2 Å². The summed E-state index contributed by atoms with van der Waals surface area (Å²) in [5.74, 6) is 0.759. The molecule has 0 radical (unpaired) electrons. The summed E-state index contributed by atoms with van der Waals surface area (Å²) < 4.78 is 0. The van der Waals surface area contributed by atoms with Crippen LogP contribution in [-0.4, -0.2) is 6.54 Å². The Hall–Kier alpha value is -0.300. The number of nitrogens with two attached hydrogens (primary N) is 1. The number of unbranched alkanes of at least 4 members (excludes halogenated alkanes) is 6. The van der Waals surface area contributed by atoms with E-state index < -0.39 is 0 Å². The van der Waals surface area contributed by atoms with Crippen molar-refractivity contribution in [3.8, 4) is 0 Å². The topological polar surface area (TPSA) is 26.0 Å². The minimum absolute atomic E-state index is 0.759. The Bertz CT molecular complexity index is 140. The molecule has 0 aromatic carbocycles. The second-order valence-electron chi connectivity index (χ2n) is 4.51. The van der Waals surface area contributed by atoms with Gasteiger partial charge in [-0.05, 0) is 31.7 Å². The van der Waals surface area contributed by atoms with E-state index in [0.717, 1.165) is 12.5 Å². The molecule has 1 unspecified atom stereocenters. The first-order valence-electron chi connectivity index (χ1n) is 6.68. The SMILES string of the molecule is CCC(C)/C=C/CCCCCCCCN. The number of rotatable bonds is 10. The smallest absolute Gasteiger partial charge is 0.00773 e. The minimum Gasteiger partial charge on any atom is -0.330 e. The van der Waals surface area contributed by atoms with Gasteiger partial charge in [0.1, 0.15) is 0 Å².